The number of nitro groups is 1. The van der Waals surface area contributed by atoms with E-state index in [1.807, 2.05) is 26.1 Å². The van der Waals surface area contributed by atoms with Gasteiger partial charge in [-0.25, -0.2) is 0 Å². The van der Waals surface area contributed by atoms with Gasteiger partial charge in [-0.15, -0.1) is 0 Å². The molecule has 1 aromatic carbocycles. The molecule has 0 bridgehead atoms. The summed E-state index contributed by atoms with van der Waals surface area (Å²) in [4.78, 5) is 10.2. The third-order valence-corrected chi connectivity index (χ3v) is 2.69. The number of nitro benzene ring substituents is 1. The molecule has 17 heavy (non-hydrogen) atoms. The van der Waals surface area contributed by atoms with Crippen molar-refractivity contribution in [2.24, 2.45) is 0 Å². The summed E-state index contributed by atoms with van der Waals surface area (Å²) in [5, 5.41) is 13.7. The van der Waals surface area contributed by atoms with Crippen LogP contribution >= 0.6 is 0 Å². The van der Waals surface area contributed by atoms with Crippen LogP contribution in [0.1, 0.15) is 12.5 Å². The number of nitrogens with one attached hydrogen (secondary N) is 1. The van der Waals surface area contributed by atoms with Crippen LogP contribution in [0.2, 0.25) is 0 Å². The van der Waals surface area contributed by atoms with Crippen LogP contribution in [0.4, 0.5) is 5.69 Å². The fourth-order valence-electron chi connectivity index (χ4n) is 1.87. The number of nitrogens with zero attached hydrogens (tertiary/aromatic N) is 1. The van der Waals surface area contributed by atoms with Crippen LogP contribution in [0.5, 0.6) is 5.75 Å². The maximum atomic E-state index is 10.6. The number of likely N-dealkylation sites (N-methyl/N-ethyl adjacent to an activating group) is 1. The normalized spacial score (nSPS) is 21.8. The minimum Gasteiger partial charge on any atom is -0.482 e. The average molecular weight is 234 g/mol. The highest BCUT2D eigenvalue weighted by molar-refractivity contribution is 5.64. The Bertz CT molecular complexity index is 485. The van der Waals surface area contributed by atoms with E-state index in [0.29, 0.717) is 12.3 Å². The maximum absolute atomic E-state index is 10.6. The molecule has 1 aliphatic rings. The van der Waals surface area contributed by atoms with E-state index in [1.165, 1.54) is 12.1 Å². The monoisotopic (exact) mass is 234 g/mol. The second-order valence-corrected chi connectivity index (χ2v) is 4.26. The molecule has 0 fully saturated rings. The largest absolute Gasteiger partial charge is 0.482 e. The van der Waals surface area contributed by atoms with Gasteiger partial charge in [-0.05, 0) is 26.1 Å². The lowest BCUT2D eigenvalue weighted by Crippen LogP contribution is -2.41. The number of rotatable bonds is 3. The summed E-state index contributed by atoms with van der Waals surface area (Å²) in [5.41, 5.74) is 0.416. The standard InChI is InChI=1S/C12H14N2O3/c1-12(8-13-2)6-5-9-7-10(14(15)16)3-4-11(9)17-12/h3-7,13H,8H2,1-2H3. The van der Waals surface area contributed by atoms with Crippen molar-refractivity contribution in [1.29, 1.82) is 0 Å². The zero-order valence-corrected chi connectivity index (χ0v) is 9.77. The third-order valence-electron chi connectivity index (χ3n) is 2.69. The fourth-order valence-corrected chi connectivity index (χ4v) is 1.87. The van der Waals surface area contributed by atoms with E-state index in [0.717, 1.165) is 5.56 Å². The second-order valence-electron chi connectivity index (χ2n) is 4.26. The van der Waals surface area contributed by atoms with Crippen molar-refractivity contribution in [2.75, 3.05) is 13.6 Å². The predicted molar refractivity (Wildman–Crippen MR) is 65.1 cm³/mol. The molecule has 5 heteroatoms. The van der Waals surface area contributed by atoms with Crippen LogP contribution < -0.4 is 10.1 Å². The molecule has 0 amide bonds. The zero-order valence-electron chi connectivity index (χ0n) is 9.77. The Kier molecular flexibility index (Phi) is 2.85. The summed E-state index contributed by atoms with van der Waals surface area (Å²) in [6, 6.07) is 4.62. The molecule has 1 aliphatic heterocycles. The van der Waals surface area contributed by atoms with E-state index < -0.39 is 10.5 Å². The maximum Gasteiger partial charge on any atom is 0.270 e. The molecule has 0 saturated carbocycles. The average Bonchev–Trinajstić information content (AvgIpc) is 2.28. The number of non-ortho nitro benzene ring substituents is 1. The molecular formula is C12H14N2O3. The van der Waals surface area contributed by atoms with Gasteiger partial charge in [0, 0.05) is 24.2 Å². The first-order valence-corrected chi connectivity index (χ1v) is 5.35. The smallest absolute Gasteiger partial charge is 0.270 e. The van der Waals surface area contributed by atoms with E-state index in [2.05, 4.69) is 5.32 Å². The van der Waals surface area contributed by atoms with Crippen LogP contribution in [0.3, 0.4) is 0 Å². The van der Waals surface area contributed by atoms with Crippen LogP contribution in [-0.4, -0.2) is 24.1 Å². The summed E-state index contributed by atoms with van der Waals surface area (Å²) in [7, 11) is 1.85. The number of hydrogen-bond donors (Lipinski definition) is 1. The summed E-state index contributed by atoms with van der Waals surface area (Å²) < 4.78 is 5.82. The van der Waals surface area contributed by atoms with Gasteiger partial charge in [-0.3, -0.25) is 10.1 Å². The Labute approximate surface area is 99.2 Å². The highest BCUT2D eigenvalue weighted by atomic mass is 16.6. The number of hydrogen-bond acceptors (Lipinski definition) is 4. The van der Waals surface area contributed by atoms with Gasteiger partial charge in [0.05, 0.1) is 4.92 Å². The van der Waals surface area contributed by atoms with Crippen LogP contribution in [-0.2, 0) is 0 Å². The highest BCUT2D eigenvalue weighted by Gasteiger charge is 2.27. The van der Waals surface area contributed by atoms with Crippen molar-refractivity contribution in [1.82, 2.24) is 5.32 Å². The lowest BCUT2D eigenvalue weighted by atomic mass is 10.00. The van der Waals surface area contributed by atoms with E-state index in [4.69, 9.17) is 4.74 Å². The SMILES string of the molecule is CNCC1(C)C=Cc2cc([N+](=O)[O-])ccc2O1. The Morgan fingerprint density at radius 3 is 2.94 bits per heavy atom. The lowest BCUT2D eigenvalue weighted by molar-refractivity contribution is -0.384. The zero-order chi connectivity index (χ0) is 12.5. The molecule has 0 spiro atoms. The third kappa shape index (κ3) is 2.29. The van der Waals surface area contributed by atoms with Crippen LogP contribution in [0.25, 0.3) is 6.08 Å². The molecule has 90 valence electrons. The summed E-state index contributed by atoms with van der Waals surface area (Å²) in [6.45, 7) is 2.64. The van der Waals surface area contributed by atoms with Gasteiger partial charge in [-0.1, -0.05) is 6.08 Å². The first-order chi connectivity index (χ1) is 8.04. The summed E-state index contributed by atoms with van der Waals surface area (Å²) in [5.74, 6) is 0.677. The molecule has 1 N–H and O–H groups in total. The Hall–Kier alpha value is -1.88. The van der Waals surface area contributed by atoms with Crippen molar-refractivity contribution in [3.8, 4) is 5.75 Å². The molecule has 0 saturated heterocycles. The Balaban J connectivity index is 2.33. The van der Waals surface area contributed by atoms with E-state index in [1.54, 1.807) is 6.07 Å². The van der Waals surface area contributed by atoms with Gasteiger partial charge in [0.1, 0.15) is 11.4 Å². The molecule has 2 rings (SSSR count). The van der Waals surface area contributed by atoms with E-state index in [-0.39, 0.29) is 5.69 Å². The van der Waals surface area contributed by atoms with Gasteiger partial charge in [-0.2, -0.15) is 0 Å². The molecule has 1 aromatic rings. The summed E-state index contributed by atoms with van der Waals surface area (Å²) >= 11 is 0. The quantitative estimate of drug-likeness (QED) is 0.641. The van der Waals surface area contributed by atoms with Gasteiger partial charge in [0.2, 0.25) is 0 Å². The van der Waals surface area contributed by atoms with Gasteiger partial charge in [0.15, 0.2) is 0 Å². The molecule has 0 aromatic heterocycles. The molecular weight excluding hydrogens is 220 g/mol. The van der Waals surface area contributed by atoms with Crippen molar-refractivity contribution < 1.29 is 9.66 Å². The molecule has 0 radical (unpaired) electrons. The number of fused-ring (bicyclic) bond motifs is 1. The number of ether oxygens (including phenoxy) is 1. The number of benzene rings is 1. The van der Waals surface area contributed by atoms with Crippen molar-refractivity contribution >= 4 is 11.8 Å². The molecule has 5 nitrogen and oxygen atoms in total. The van der Waals surface area contributed by atoms with E-state index >= 15 is 0 Å². The Morgan fingerprint density at radius 2 is 2.29 bits per heavy atom. The van der Waals surface area contributed by atoms with Crippen molar-refractivity contribution in [3.05, 3.63) is 40.0 Å². The van der Waals surface area contributed by atoms with Gasteiger partial charge in [0.25, 0.3) is 5.69 Å². The first kappa shape index (κ1) is 11.6. The van der Waals surface area contributed by atoms with Gasteiger partial charge < -0.3 is 10.1 Å². The minimum atomic E-state index is -0.407. The Morgan fingerprint density at radius 1 is 1.53 bits per heavy atom. The molecule has 1 heterocycles. The second kappa shape index (κ2) is 4.18. The minimum absolute atomic E-state index is 0.0780. The van der Waals surface area contributed by atoms with E-state index in [9.17, 15) is 10.1 Å². The van der Waals surface area contributed by atoms with Crippen molar-refractivity contribution in [2.45, 2.75) is 12.5 Å². The molecule has 0 aliphatic carbocycles. The van der Waals surface area contributed by atoms with Crippen LogP contribution in [0, 0.1) is 10.1 Å². The van der Waals surface area contributed by atoms with Crippen LogP contribution in [0.15, 0.2) is 24.3 Å². The molecule has 1 unspecified atom stereocenters. The van der Waals surface area contributed by atoms with Crippen molar-refractivity contribution in [3.63, 3.8) is 0 Å². The molecule has 1 atom stereocenters. The first-order valence-electron chi connectivity index (χ1n) is 5.35. The summed E-state index contributed by atoms with van der Waals surface area (Å²) in [6.07, 6.45) is 3.78. The topological polar surface area (TPSA) is 64.4 Å². The predicted octanol–water partition coefficient (Wildman–Crippen LogP) is 1.98. The van der Waals surface area contributed by atoms with Gasteiger partial charge >= 0.3 is 0 Å². The lowest BCUT2D eigenvalue weighted by Gasteiger charge is -2.31. The fraction of sp³-hybridized carbons (Fsp3) is 0.333. The highest BCUT2D eigenvalue weighted by Crippen LogP contribution is 2.33.